The Morgan fingerprint density at radius 1 is 1.39 bits per heavy atom. The van der Waals surface area contributed by atoms with E-state index in [4.69, 9.17) is 10.2 Å². The normalized spacial score (nSPS) is 16.9. The van der Waals surface area contributed by atoms with Crippen molar-refractivity contribution in [3.05, 3.63) is 29.6 Å². The van der Waals surface area contributed by atoms with E-state index in [0.717, 1.165) is 25.9 Å². The van der Waals surface area contributed by atoms with Gasteiger partial charge in [-0.15, -0.1) is 0 Å². The van der Waals surface area contributed by atoms with Crippen LogP contribution in [0.15, 0.2) is 18.2 Å². The van der Waals surface area contributed by atoms with Crippen LogP contribution in [0.1, 0.15) is 23.2 Å². The molecule has 0 saturated carbocycles. The monoisotopic (exact) mass is 253 g/mol. The van der Waals surface area contributed by atoms with Crippen LogP contribution in [0.2, 0.25) is 0 Å². The lowest BCUT2D eigenvalue weighted by Gasteiger charge is -2.32. The highest BCUT2D eigenvalue weighted by Crippen LogP contribution is 2.24. The zero-order chi connectivity index (χ0) is 13.1. The predicted octanol–water partition coefficient (Wildman–Crippen LogP) is 1.73. The molecule has 0 spiro atoms. The zero-order valence-electron chi connectivity index (χ0n) is 9.97. The Bertz CT molecular complexity index is 442. The molecule has 2 N–H and O–H groups in total. The van der Waals surface area contributed by atoms with Crippen LogP contribution < -0.4 is 4.90 Å². The van der Waals surface area contributed by atoms with E-state index in [1.54, 1.807) is 6.07 Å². The highest BCUT2D eigenvalue weighted by molar-refractivity contribution is 5.88. The summed E-state index contributed by atoms with van der Waals surface area (Å²) in [6.07, 6.45) is 1.75. The number of piperidine rings is 1. The lowest BCUT2D eigenvalue weighted by Crippen LogP contribution is -2.34. The summed E-state index contributed by atoms with van der Waals surface area (Å²) in [5, 5.41) is 17.8. The van der Waals surface area contributed by atoms with E-state index in [1.165, 1.54) is 12.1 Å². The minimum absolute atomic E-state index is 0.195. The van der Waals surface area contributed by atoms with Crippen molar-refractivity contribution in [2.75, 3.05) is 24.6 Å². The first-order valence-electron chi connectivity index (χ1n) is 6.00. The van der Waals surface area contributed by atoms with E-state index in [9.17, 15) is 9.18 Å². The molecule has 1 aromatic carbocycles. The van der Waals surface area contributed by atoms with Crippen molar-refractivity contribution < 1.29 is 19.4 Å². The highest BCUT2D eigenvalue weighted by Gasteiger charge is 2.20. The average Bonchev–Trinajstić information content (AvgIpc) is 2.38. The molecule has 1 saturated heterocycles. The third-order valence-corrected chi connectivity index (χ3v) is 3.42. The molecule has 1 aliphatic rings. The molecule has 1 aromatic rings. The maximum atomic E-state index is 13.6. The molecule has 0 aliphatic carbocycles. The van der Waals surface area contributed by atoms with Gasteiger partial charge in [0.05, 0.1) is 5.56 Å². The molecule has 0 radical (unpaired) electrons. The van der Waals surface area contributed by atoms with E-state index >= 15 is 0 Å². The van der Waals surface area contributed by atoms with Crippen molar-refractivity contribution in [2.24, 2.45) is 5.92 Å². The van der Waals surface area contributed by atoms with E-state index in [0.29, 0.717) is 11.6 Å². The standard InChI is InChI=1S/C13H16FNO3/c14-12-7-10(1-2-11(12)13(17)18)15-5-3-9(8-16)4-6-15/h1-2,7,9,16H,3-6,8H2,(H,17,18). The van der Waals surface area contributed by atoms with Crippen LogP contribution in [0.3, 0.4) is 0 Å². The van der Waals surface area contributed by atoms with Gasteiger partial charge in [-0.3, -0.25) is 0 Å². The van der Waals surface area contributed by atoms with Gasteiger partial charge in [0.1, 0.15) is 5.82 Å². The molecule has 0 unspecified atom stereocenters. The maximum absolute atomic E-state index is 13.6. The summed E-state index contributed by atoms with van der Waals surface area (Å²) in [6.45, 7) is 1.72. The van der Waals surface area contributed by atoms with Gasteiger partial charge in [-0.2, -0.15) is 0 Å². The van der Waals surface area contributed by atoms with Gasteiger partial charge in [0.2, 0.25) is 0 Å². The van der Waals surface area contributed by atoms with Gasteiger partial charge in [-0.25, -0.2) is 9.18 Å². The fourth-order valence-corrected chi connectivity index (χ4v) is 2.25. The number of anilines is 1. The van der Waals surface area contributed by atoms with E-state index < -0.39 is 11.8 Å². The van der Waals surface area contributed by atoms with Crippen LogP contribution in [0.4, 0.5) is 10.1 Å². The van der Waals surface area contributed by atoms with E-state index in [2.05, 4.69) is 0 Å². The van der Waals surface area contributed by atoms with E-state index in [1.807, 2.05) is 4.90 Å². The quantitative estimate of drug-likeness (QED) is 0.861. The lowest BCUT2D eigenvalue weighted by atomic mass is 9.97. The number of aliphatic hydroxyl groups excluding tert-OH is 1. The van der Waals surface area contributed by atoms with Crippen molar-refractivity contribution in [1.82, 2.24) is 0 Å². The summed E-state index contributed by atoms with van der Waals surface area (Å²) in [6, 6.07) is 4.19. The second-order valence-electron chi connectivity index (χ2n) is 4.58. The molecule has 0 atom stereocenters. The van der Waals surface area contributed by atoms with Crippen LogP contribution in [0.25, 0.3) is 0 Å². The average molecular weight is 253 g/mol. The van der Waals surface area contributed by atoms with Gasteiger partial charge in [-0.05, 0) is 37.0 Å². The number of hydrogen-bond acceptors (Lipinski definition) is 3. The largest absolute Gasteiger partial charge is 0.478 e. The van der Waals surface area contributed by atoms with Crippen molar-refractivity contribution in [2.45, 2.75) is 12.8 Å². The topological polar surface area (TPSA) is 60.8 Å². The SMILES string of the molecule is O=C(O)c1ccc(N2CCC(CO)CC2)cc1F. The van der Waals surface area contributed by atoms with Crippen LogP contribution >= 0.6 is 0 Å². The van der Waals surface area contributed by atoms with Crippen LogP contribution in [0.5, 0.6) is 0 Å². The number of aromatic carboxylic acids is 1. The third-order valence-electron chi connectivity index (χ3n) is 3.42. The number of aliphatic hydroxyl groups is 1. The Morgan fingerprint density at radius 3 is 2.56 bits per heavy atom. The van der Waals surface area contributed by atoms with Gasteiger partial charge in [0.15, 0.2) is 0 Å². The Kier molecular flexibility index (Phi) is 3.81. The van der Waals surface area contributed by atoms with Crippen LogP contribution in [-0.4, -0.2) is 35.9 Å². The van der Waals surface area contributed by atoms with Gasteiger partial charge < -0.3 is 15.1 Å². The van der Waals surface area contributed by atoms with Crippen molar-refractivity contribution in [3.8, 4) is 0 Å². The molecule has 2 rings (SSSR count). The molecule has 5 heteroatoms. The number of carboxylic acid groups (broad SMARTS) is 1. The third kappa shape index (κ3) is 2.61. The number of hydrogen-bond donors (Lipinski definition) is 2. The molecule has 98 valence electrons. The minimum atomic E-state index is -1.25. The smallest absolute Gasteiger partial charge is 0.338 e. The molecule has 1 heterocycles. The zero-order valence-corrected chi connectivity index (χ0v) is 9.97. The van der Waals surface area contributed by atoms with Crippen molar-refractivity contribution >= 4 is 11.7 Å². The fourth-order valence-electron chi connectivity index (χ4n) is 2.25. The molecule has 0 amide bonds. The second-order valence-corrected chi connectivity index (χ2v) is 4.58. The maximum Gasteiger partial charge on any atom is 0.338 e. The number of benzene rings is 1. The highest BCUT2D eigenvalue weighted by atomic mass is 19.1. The number of carboxylic acids is 1. The van der Waals surface area contributed by atoms with Gasteiger partial charge in [0, 0.05) is 25.4 Å². The first kappa shape index (κ1) is 12.8. The Morgan fingerprint density at radius 2 is 2.06 bits per heavy atom. The second kappa shape index (κ2) is 5.35. The Labute approximate surface area is 105 Å². The summed E-state index contributed by atoms with van der Waals surface area (Å²) in [5.74, 6) is -1.63. The molecule has 0 aromatic heterocycles. The minimum Gasteiger partial charge on any atom is -0.478 e. The number of nitrogens with zero attached hydrogens (tertiary/aromatic N) is 1. The summed E-state index contributed by atoms with van der Waals surface area (Å²) < 4.78 is 13.6. The summed E-state index contributed by atoms with van der Waals surface area (Å²) in [4.78, 5) is 12.7. The molecule has 1 aliphatic heterocycles. The number of carbonyl (C=O) groups is 1. The van der Waals surface area contributed by atoms with Gasteiger partial charge in [0.25, 0.3) is 0 Å². The molecule has 4 nitrogen and oxygen atoms in total. The Hall–Kier alpha value is -1.62. The van der Waals surface area contributed by atoms with Gasteiger partial charge in [-0.1, -0.05) is 0 Å². The fraction of sp³-hybridized carbons (Fsp3) is 0.462. The Balaban J connectivity index is 2.11. The predicted molar refractivity (Wildman–Crippen MR) is 65.4 cm³/mol. The molecular formula is C13H16FNO3. The van der Waals surface area contributed by atoms with E-state index in [-0.39, 0.29) is 12.2 Å². The van der Waals surface area contributed by atoms with Crippen LogP contribution in [0, 0.1) is 11.7 Å². The van der Waals surface area contributed by atoms with Gasteiger partial charge >= 0.3 is 5.97 Å². The summed E-state index contributed by atoms with van der Waals surface area (Å²) in [5.41, 5.74) is 0.401. The lowest BCUT2D eigenvalue weighted by molar-refractivity contribution is 0.0692. The number of rotatable bonds is 3. The number of halogens is 1. The molecule has 18 heavy (non-hydrogen) atoms. The summed E-state index contributed by atoms with van der Waals surface area (Å²) >= 11 is 0. The molecular weight excluding hydrogens is 237 g/mol. The first-order chi connectivity index (χ1) is 8.61. The first-order valence-corrected chi connectivity index (χ1v) is 6.00. The molecule has 0 bridgehead atoms. The summed E-state index contributed by atoms with van der Waals surface area (Å²) in [7, 11) is 0. The van der Waals surface area contributed by atoms with Crippen molar-refractivity contribution in [3.63, 3.8) is 0 Å². The molecule has 1 fully saturated rings. The van der Waals surface area contributed by atoms with Crippen molar-refractivity contribution in [1.29, 1.82) is 0 Å². The van der Waals surface area contributed by atoms with Crippen LogP contribution in [-0.2, 0) is 0 Å².